The third-order valence-electron chi connectivity index (χ3n) is 2.89. The van der Waals surface area contributed by atoms with Gasteiger partial charge in [0.25, 0.3) is 0 Å². The zero-order valence-electron chi connectivity index (χ0n) is 8.52. The zero-order chi connectivity index (χ0) is 9.07. The summed E-state index contributed by atoms with van der Waals surface area (Å²) >= 11 is 0. The maximum Gasteiger partial charge on any atom is 0.0667 e. The molecule has 11 heavy (non-hydrogen) atoms. The molecule has 0 aliphatic carbocycles. The van der Waals surface area contributed by atoms with Crippen molar-refractivity contribution in [1.29, 1.82) is 0 Å². The summed E-state index contributed by atoms with van der Waals surface area (Å²) in [7, 11) is 0. The molecule has 0 spiro atoms. The molecule has 0 aromatic heterocycles. The molecule has 0 fully saturated rings. The number of hydrogen-bond donors (Lipinski definition) is 1. The van der Waals surface area contributed by atoms with Crippen molar-refractivity contribution in [3.05, 3.63) is 0 Å². The van der Waals surface area contributed by atoms with Crippen molar-refractivity contribution in [3.8, 4) is 0 Å². The van der Waals surface area contributed by atoms with Crippen LogP contribution in [0.2, 0.25) is 0 Å². The molecule has 1 nitrogen and oxygen atoms in total. The smallest absolute Gasteiger partial charge is 0.0667 e. The first-order chi connectivity index (χ1) is 4.92. The van der Waals surface area contributed by atoms with Crippen LogP contribution in [0.15, 0.2) is 0 Å². The standard InChI is InChI=1S/C10H22O/c1-6-7-9(4)10(5,11)8(2)3/h8-9,11H,6-7H2,1-5H3. The highest BCUT2D eigenvalue weighted by Crippen LogP contribution is 2.28. The Morgan fingerprint density at radius 3 is 2.00 bits per heavy atom. The molecule has 0 amide bonds. The van der Waals surface area contributed by atoms with Crippen molar-refractivity contribution in [3.63, 3.8) is 0 Å². The van der Waals surface area contributed by atoms with Gasteiger partial charge in [-0.25, -0.2) is 0 Å². The second kappa shape index (κ2) is 4.10. The van der Waals surface area contributed by atoms with E-state index in [-0.39, 0.29) is 0 Å². The van der Waals surface area contributed by atoms with E-state index in [0.717, 1.165) is 12.8 Å². The topological polar surface area (TPSA) is 20.2 Å². The van der Waals surface area contributed by atoms with Crippen LogP contribution in [-0.2, 0) is 0 Å². The van der Waals surface area contributed by atoms with Crippen molar-refractivity contribution >= 4 is 0 Å². The van der Waals surface area contributed by atoms with Crippen LogP contribution in [-0.4, -0.2) is 10.7 Å². The van der Waals surface area contributed by atoms with Gasteiger partial charge >= 0.3 is 0 Å². The van der Waals surface area contributed by atoms with Crippen LogP contribution in [0.3, 0.4) is 0 Å². The summed E-state index contributed by atoms with van der Waals surface area (Å²) in [6, 6.07) is 0. The molecule has 0 rings (SSSR count). The Kier molecular flexibility index (Phi) is 4.09. The predicted octanol–water partition coefficient (Wildman–Crippen LogP) is 2.83. The maximum atomic E-state index is 9.99. The first-order valence-electron chi connectivity index (χ1n) is 4.65. The van der Waals surface area contributed by atoms with E-state index in [1.54, 1.807) is 0 Å². The van der Waals surface area contributed by atoms with Gasteiger partial charge in [0.05, 0.1) is 5.60 Å². The van der Waals surface area contributed by atoms with Gasteiger partial charge in [-0.1, -0.05) is 34.1 Å². The van der Waals surface area contributed by atoms with Crippen molar-refractivity contribution in [1.82, 2.24) is 0 Å². The average Bonchev–Trinajstić information content (AvgIpc) is 1.88. The van der Waals surface area contributed by atoms with Crippen molar-refractivity contribution < 1.29 is 5.11 Å². The second-order valence-corrected chi connectivity index (χ2v) is 4.07. The molecule has 0 aliphatic heterocycles. The summed E-state index contributed by atoms with van der Waals surface area (Å²) in [5.41, 5.74) is -0.490. The molecule has 0 aromatic rings. The Morgan fingerprint density at radius 1 is 1.27 bits per heavy atom. The minimum Gasteiger partial charge on any atom is -0.390 e. The molecule has 1 N–H and O–H groups in total. The monoisotopic (exact) mass is 158 g/mol. The molecule has 0 bridgehead atoms. The van der Waals surface area contributed by atoms with Crippen LogP contribution in [0.1, 0.15) is 47.5 Å². The summed E-state index contributed by atoms with van der Waals surface area (Å²) in [6.07, 6.45) is 2.27. The number of hydrogen-bond acceptors (Lipinski definition) is 1. The molecule has 68 valence electrons. The van der Waals surface area contributed by atoms with E-state index >= 15 is 0 Å². The normalized spacial score (nSPS) is 19.9. The van der Waals surface area contributed by atoms with Crippen molar-refractivity contribution in [2.24, 2.45) is 11.8 Å². The molecule has 1 heteroatoms. The highest BCUT2D eigenvalue weighted by molar-refractivity contribution is 4.81. The first-order valence-corrected chi connectivity index (χ1v) is 4.65. The number of rotatable bonds is 4. The lowest BCUT2D eigenvalue weighted by Gasteiger charge is -2.34. The fraction of sp³-hybridized carbons (Fsp3) is 1.00. The number of aliphatic hydroxyl groups is 1. The van der Waals surface area contributed by atoms with Gasteiger partial charge in [-0.05, 0) is 25.2 Å². The van der Waals surface area contributed by atoms with Crippen LogP contribution in [0.4, 0.5) is 0 Å². The summed E-state index contributed by atoms with van der Waals surface area (Å²) in [5, 5.41) is 9.99. The van der Waals surface area contributed by atoms with Gasteiger partial charge < -0.3 is 5.11 Å². The quantitative estimate of drug-likeness (QED) is 0.667. The molecule has 0 radical (unpaired) electrons. The van der Waals surface area contributed by atoms with E-state index in [4.69, 9.17) is 0 Å². The Balaban J connectivity index is 4.05. The third kappa shape index (κ3) is 2.82. The molecule has 2 unspecified atom stereocenters. The van der Waals surface area contributed by atoms with Gasteiger partial charge in [-0.2, -0.15) is 0 Å². The van der Waals surface area contributed by atoms with Gasteiger partial charge in [-0.15, -0.1) is 0 Å². The van der Waals surface area contributed by atoms with Gasteiger partial charge in [0.15, 0.2) is 0 Å². The van der Waals surface area contributed by atoms with Crippen LogP contribution >= 0.6 is 0 Å². The van der Waals surface area contributed by atoms with E-state index in [9.17, 15) is 5.11 Å². The molecular formula is C10H22O. The SMILES string of the molecule is CCCC(C)C(C)(O)C(C)C. The zero-order valence-corrected chi connectivity index (χ0v) is 8.52. The molecule has 0 aromatic carbocycles. The minimum atomic E-state index is -0.490. The van der Waals surface area contributed by atoms with Gasteiger partial charge in [0.2, 0.25) is 0 Å². The van der Waals surface area contributed by atoms with Crippen LogP contribution in [0.25, 0.3) is 0 Å². The van der Waals surface area contributed by atoms with Crippen molar-refractivity contribution in [2.75, 3.05) is 0 Å². The molecule has 0 saturated heterocycles. The molecule has 2 atom stereocenters. The van der Waals surface area contributed by atoms with Crippen LogP contribution in [0, 0.1) is 11.8 Å². The van der Waals surface area contributed by atoms with E-state index in [2.05, 4.69) is 27.7 Å². The van der Waals surface area contributed by atoms with E-state index < -0.39 is 5.60 Å². The Labute approximate surface area is 70.8 Å². The lowest BCUT2D eigenvalue weighted by Crippen LogP contribution is -2.38. The second-order valence-electron chi connectivity index (χ2n) is 4.07. The van der Waals surface area contributed by atoms with E-state index in [0.29, 0.717) is 11.8 Å². The highest BCUT2D eigenvalue weighted by Gasteiger charge is 2.30. The summed E-state index contributed by atoms with van der Waals surface area (Å²) < 4.78 is 0. The summed E-state index contributed by atoms with van der Waals surface area (Å²) in [4.78, 5) is 0. The third-order valence-corrected chi connectivity index (χ3v) is 2.89. The molecule has 0 heterocycles. The molecule has 0 saturated carbocycles. The van der Waals surface area contributed by atoms with Gasteiger partial charge in [0, 0.05) is 0 Å². The molecular weight excluding hydrogens is 136 g/mol. The fourth-order valence-corrected chi connectivity index (χ4v) is 1.29. The Morgan fingerprint density at radius 2 is 1.73 bits per heavy atom. The minimum absolute atomic E-state index is 0.351. The fourth-order valence-electron chi connectivity index (χ4n) is 1.29. The predicted molar refractivity (Wildman–Crippen MR) is 49.5 cm³/mol. The first kappa shape index (κ1) is 11.0. The Hall–Kier alpha value is -0.0400. The van der Waals surface area contributed by atoms with Gasteiger partial charge in [-0.3, -0.25) is 0 Å². The van der Waals surface area contributed by atoms with Crippen LogP contribution < -0.4 is 0 Å². The maximum absolute atomic E-state index is 9.99. The summed E-state index contributed by atoms with van der Waals surface area (Å²) in [6.45, 7) is 10.4. The molecule has 0 aliphatic rings. The van der Waals surface area contributed by atoms with Gasteiger partial charge in [0.1, 0.15) is 0 Å². The lowest BCUT2D eigenvalue weighted by molar-refractivity contribution is -0.0384. The average molecular weight is 158 g/mol. The largest absolute Gasteiger partial charge is 0.390 e. The Bertz CT molecular complexity index is 105. The summed E-state index contributed by atoms with van der Waals surface area (Å²) in [5.74, 6) is 0.761. The van der Waals surface area contributed by atoms with E-state index in [1.165, 1.54) is 0 Å². The van der Waals surface area contributed by atoms with Crippen molar-refractivity contribution in [2.45, 2.75) is 53.1 Å². The van der Waals surface area contributed by atoms with E-state index in [1.807, 2.05) is 6.92 Å². The highest BCUT2D eigenvalue weighted by atomic mass is 16.3. The lowest BCUT2D eigenvalue weighted by atomic mass is 9.79. The van der Waals surface area contributed by atoms with Crippen LogP contribution in [0.5, 0.6) is 0 Å².